The van der Waals surface area contributed by atoms with Gasteiger partial charge in [0.2, 0.25) is 0 Å². The molecule has 152 valence electrons. The third-order valence-electron chi connectivity index (χ3n) is 5.82. The van der Waals surface area contributed by atoms with Crippen molar-refractivity contribution in [3.63, 3.8) is 0 Å². The van der Waals surface area contributed by atoms with Gasteiger partial charge in [-0.2, -0.15) is 5.10 Å². The molecule has 3 heterocycles. The van der Waals surface area contributed by atoms with Crippen molar-refractivity contribution in [2.45, 2.75) is 25.2 Å². The van der Waals surface area contributed by atoms with Crippen molar-refractivity contribution < 1.29 is 9.84 Å². The van der Waals surface area contributed by atoms with Crippen molar-refractivity contribution in [2.24, 2.45) is 0 Å². The number of piperazine rings is 1. The Morgan fingerprint density at radius 3 is 2.61 bits per heavy atom. The van der Waals surface area contributed by atoms with E-state index in [4.69, 9.17) is 4.74 Å². The first-order valence-corrected chi connectivity index (χ1v) is 10.2. The van der Waals surface area contributed by atoms with Gasteiger partial charge in [0.25, 0.3) is 0 Å². The summed E-state index contributed by atoms with van der Waals surface area (Å²) < 4.78 is 7.67. The second-order valence-electron chi connectivity index (χ2n) is 7.93. The van der Waals surface area contributed by atoms with Crippen molar-refractivity contribution in [1.82, 2.24) is 24.5 Å². The van der Waals surface area contributed by atoms with Crippen LogP contribution >= 0.6 is 0 Å². The lowest BCUT2D eigenvalue weighted by Crippen LogP contribution is -2.52. The predicted molar refractivity (Wildman–Crippen MR) is 108 cm³/mol. The Kier molecular flexibility index (Phi) is 6.26. The number of hydrogen-bond donors (Lipinski definition) is 1. The number of rotatable bonds is 7. The van der Waals surface area contributed by atoms with Crippen LogP contribution in [-0.2, 0) is 13.1 Å². The van der Waals surface area contributed by atoms with E-state index < -0.39 is 0 Å². The molecule has 0 bridgehead atoms. The smallest absolute Gasteiger partial charge is 0.119 e. The molecule has 7 heteroatoms. The molecule has 0 radical (unpaired) electrons. The SMILES string of the molecule is CN1CCN([C@H]2CN(Cc3ccc(OCCn4cccn4)cc3)C[C@@H]2O)CC1. The lowest BCUT2D eigenvalue weighted by molar-refractivity contribution is 0.0512. The highest BCUT2D eigenvalue weighted by Gasteiger charge is 2.36. The number of aliphatic hydroxyl groups is 1. The van der Waals surface area contributed by atoms with Gasteiger partial charge in [-0.3, -0.25) is 14.5 Å². The van der Waals surface area contributed by atoms with E-state index in [0.717, 1.165) is 58.1 Å². The second-order valence-corrected chi connectivity index (χ2v) is 7.93. The molecule has 0 aliphatic carbocycles. The number of likely N-dealkylation sites (tertiary alicyclic amines) is 1. The minimum Gasteiger partial charge on any atom is -0.492 e. The van der Waals surface area contributed by atoms with E-state index in [1.807, 2.05) is 29.1 Å². The number of aliphatic hydroxyl groups excluding tert-OH is 1. The summed E-state index contributed by atoms with van der Waals surface area (Å²) in [5.41, 5.74) is 1.26. The maximum Gasteiger partial charge on any atom is 0.119 e. The number of aromatic nitrogens is 2. The first kappa shape index (κ1) is 19.4. The second kappa shape index (κ2) is 9.05. The van der Waals surface area contributed by atoms with Crippen molar-refractivity contribution in [2.75, 3.05) is 52.9 Å². The molecule has 0 unspecified atom stereocenters. The number of likely N-dealkylation sites (N-methyl/N-ethyl adjacent to an activating group) is 1. The summed E-state index contributed by atoms with van der Waals surface area (Å²) in [5, 5.41) is 14.7. The molecule has 1 N–H and O–H groups in total. The van der Waals surface area contributed by atoms with Crippen LogP contribution in [0.5, 0.6) is 5.75 Å². The Hall–Kier alpha value is -1.93. The van der Waals surface area contributed by atoms with Gasteiger partial charge in [0.05, 0.1) is 12.6 Å². The highest BCUT2D eigenvalue weighted by molar-refractivity contribution is 5.27. The van der Waals surface area contributed by atoms with Crippen LogP contribution in [-0.4, -0.2) is 94.7 Å². The van der Waals surface area contributed by atoms with Gasteiger partial charge < -0.3 is 14.7 Å². The van der Waals surface area contributed by atoms with Gasteiger partial charge in [-0.15, -0.1) is 0 Å². The average molecular weight is 386 g/mol. The average Bonchev–Trinajstić information content (AvgIpc) is 3.34. The van der Waals surface area contributed by atoms with Crippen LogP contribution in [0.2, 0.25) is 0 Å². The first-order valence-electron chi connectivity index (χ1n) is 10.2. The van der Waals surface area contributed by atoms with Crippen molar-refractivity contribution in [3.05, 3.63) is 48.3 Å². The Bertz CT molecular complexity index is 713. The predicted octanol–water partition coefficient (Wildman–Crippen LogP) is 0.755. The Labute approximate surface area is 167 Å². The minimum absolute atomic E-state index is 0.256. The fourth-order valence-electron chi connectivity index (χ4n) is 4.13. The highest BCUT2D eigenvalue weighted by Crippen LogP contribution is 2.21. The molecule has 28 heavy (non-hydrogen) atoms. The molecule has 7 nitrogen and oxygen atoms in total. The summed E-state index contributed by atoms with van der Waals surface area (Å²) >= 11 is 0. The lowest BCUT2D eigenvalue weighted by Gasteiger charge is -2.37. The lowest BCUT2D eigenvalue weighted by atomic mass is 10.1. The quantitative estimate of drug-likeness (QED) is 0.759. The van der Waals surface area contributed by atoms with Crippen LogP contribution in [0.25, 0.3) is 0 Å². The van der Waals surface area contributed by atoms with E-state index in [1.54, 1.807) is 6.20 Å². The number of nitrogens with zero attached hydrogens (tertiary/aromatic N) is 5. The summed E-state index contributed by atoms with van der Waals surface area (Å²) in [4.78, 5) is 7.18. The maximum absolute atomic E-state index is 10.6. The van der Waals surface area contributed by atoms with Crippen molar-refractivity contribution in [3.8, 4) is 5.75 Å². The van der Waals surface area contributed by atoms with Gasteiger partial charge in [-0.1, -0.05) is 12.1 Å². The molecule has 1 aromatic carbocycles. The molecule has 2 saturated heterocycles. The van der Waals surface area contributed by atoms with E-state index in [9.17, 15) is 5.11 Å². The maximum atomic E-state index is 10.6. The van der Waals surface area contributed by atoms with Gasteiger partial charge in [-0.05, 0) is 30.8 Å². The van der Waals surface area contributed by atoms with Crippen LogP contribution in [0.1, 0.15) is 5.56 Å². The molecule has 1 aromatic heterocycles. The van der Waals surface area contributed by atoms with E-state index in [1.165, 1.54) is 5.56 Å². The number of hydrogen-bond acceptors (Lipinski definition) is 6. The Morgan fingerprint density at radius 2 is 1.89 bits per heavy atom. The van der Waals surface area contributed by atoms with Gasteiger partial charge in [0.1, 0.15) is 12.4 Å². The summed E-state index contributed by atoms with van der Waals surface area (Å²) in [5.74, 6) is 0.882. The van der Waals surface area contributed by atoms with Crippen LogP contribution < -0.4 is 4.74 Å². The normalized spacial score (nSPS) is 24.6. The topological polar surface area (TPSA) is 57.0 Å². The molecule has 0 amide bonds. The largest absolute Gasteiger partial charge is 0.492 e. The zero-order valence-electron chi connectivity index (χ0n) is 16.7. The Balaban J connectivity index is 1.24. The van der Waals surface area contributed by atoms with Gasteiger partial charge >= 0.3 is 0 Å². The number of β-amino-alcohol motifs (C(OH)–C–C–N with tert-alkyl or cyclic N) is 1. The summed E-state index contributed by atoms with van der Waals surface area (Å²) in [6, 6.07) is 10.5. The van der Waals surface area contributed by atoms with Gasteiger partial charge in [0, 0.05) is 64.2 Å². The van der Waals surface area contributed by atoms with E-state index >= 15 is 0 Å². The van der Waals surface area contributed by atoms with Gasteiger partial charge in [0.15, 0.2) is 0 Å². The summed E-state index contributed by atoms with van der Waals surface area (Å²) in [7, 11) is 2.17. The van der Waals surface area contributed by atoms with Gasteiger partial charge in [-0.25, -0.2) is 0 Å². The molecular weight excluding hydrogens is 354 g/mol. The Morgan fingerprint density at radius 1 is 1.11 bits per heavy atom. The third kappa shape index (κ3) is 4.91. The van der Waals surface area contributed by atoms with E-state index in [2.05, 4.69) is 39.0 Å². The molecule has 2 aromatic rings. The number of benzene rings is 1. The molecule has 2 fully saturated rings. The number of ether oxygens (including phenoxy) is 1. The monoisotopic (exact) mass is 385 g/mol. The van der Waals surface area contributed by atoms with E-state index in [-0.39, 0.29) is 12.1 Å². The fraction of sp³-hybridized carbons (Fsp3) is 0.571. The van der Waals surface area contributed by atoms with Crippen LogP contribution in [0.3, 0.4) is 0 Å². The summed E-state index contributed by atoms with van der Waals surface area (Å²) in [6.07, 6.45) is 3.46. The molecule has 4 rings (SSSR count). The fourth-order valence-corrected chi connectivity index (χ4v) is 4.13. The molecule has 2 aliphatic heterocycles. The van der Waals surface area contributed by atoms with Crippen molar-refractivity contribution >= 4 is 0 Å². The minimum atomic E-state index is -0.256. The van der Waals surface area contributed by atoms with Crippen LogP contribution in [0.15, 0.2) is 42.7 Å². The third-order valence-corrected chi connectivity index (χ3v) is 5.82. The van der Waals surface area contributed by atoms with Crippen LogP contribution in [0, 0.1) is 0 Å². The zero-order valence-corrected chi connectivity index (χ0v) is 16.7. The van der Waals surface area contributed by atoms with E-state index in [0.29, 0.717) is 6.61 Å². The molecule has 2 atom stereocenters. The molecular formula is C21H31N5O2. The first-order chi connectivity index (χ1) is 13.7. The molecule has 2 aliphatic rings. The van der Waals surface area contributed by atoms with Crippen LogP contribution in [0.4, 0.5) is 0 Å². The highest BCUT2D eigenvalue weighted by atomic mass is 16.5. The molecule has 0 saturated carbocycles. The molecule has 0 spiro atoms. The van der Waals surface area contributed by atoms with Crippen molar-refractivity contribution in [1.29, 1.82) is 0 Å². The standard InChI is InChI=1S/C21H31N5O2/c1-23-9-11-25(12-10-23)20-16-24(17-21(20)27)15-18-3-5-19(6-4-18)28-14-13-26-8-2-7-22-26/h2-8,20-21,27H,9-17H2,1H3/t20-,21-/m0/s1. The zero-order chi connectivity index (χ0) is 19.3. The summed E-state index contributed by atoms with van der Waals surface area (Å²) in [6.45, 7) is 8.19.